The summed E-state index contributed by atoms with van der Waals surface area (Å²) in [6.07, 6.45) is 1.75. The Balaban J connectivity index is 2.33. The van der Waals surface area contributed by atoms with E-state index in [1.54, 1.807) is 13.1 Å². The van der Waals surface area contributed by atoms with Gasteiger partial charge in [0.25, 0.3) is 5.56 Å². The summed E-state index contributed by atoms with van der Waals surface area (Å²) in [5, 5.41) is 3.31. The van der Waals surface area contributed by atoms with E-state index in [9.17, 15) is 4.79 Å². The molecule has 1 unspecified atom stereocenters. The highest BCUT2D eigenvalue weighted by Gasteiger charge is 2.15. The highest BCUT2D eigenvalue weighted by atomic mass is 16.1. The van der Waals surface area contributed by atoms with E-state index in [1.807, 2.05) is 32.9 Å². The zero-order chi connectivity index (χ0) is 14.0. The summed E-state index contributed by atoms with van der Waals surface area (Å²) in [5.41, 5.74) is 3.15. The normalized spacial score (nSPS) is 12.2. The summed E-state index contributed by atoms with van der Waals surface area (Å²) >= 11 is 0. The number of rotatable bonds is 3. The lowest BCUT2D eigenvalue weighted by Gasteiger charge is -2.17. The molecule has 1 atom stereocenters. The maximum absolute atomic E-state index is 12.0. The van der Waals surface area contributed by atoms with Gasteiger partial charge in [0.2, 0.25) is 0 Å². The number of H-pyrrole nitrogens is 1. The van der Waals surface area contributed by atoms with Crippen LogP contribution in [0.15, 0.2) is 23.1 Å². The molecule has 0 aromatic carbocycles. The van der Waals surface area contributed by atoms with E-state index in [-0.39, 0.29) is 11.6 Å². The molecule has 5 nitrogen and oxygen atoms in total. The van der Waals surface area contributed by atoms with E-state index >= 15 is 0 Å². The fraction of sp³-hybridized carbons (Fsp3) is 0.357. The van der Waals surface area contributed by atoms with Gasteiger partial charge in [-0.25, -0.2) is 4.98 Å². The summed E-state index contributed by atoms with van der Waals surface area (Å²) in [7, 11) is 0. The van der Waals surface area contributed by atoms with Crippen LogP contribution < -0.4 is 10.9 Å². The van der Waals surface area contributed by atoms with Gasteiger partial charge in [-0.3, -0.25) is 9.78 Å². The number of hydrogen-bond donors (Lipinski definition) is 2. The second-order valence-corrected chi connectivity index (χ2v) is 4.65. The predicted molar refractivity (Wildman–Crippen MR) is 75.3 cm³/mol. The molecule has 0 spiro atoms. The van der Waals surface area contributed by atoms with Crippen molar-refractivity contribution in [2.24, 2.45) is 0 Å². The number of anilines is 1. The molecule has 0 aliphatic carbocycles. The number of aromatic nitrogens is 3. The van der Waals surface area contributed by atoms with E-state index in [2.05, 4.69) is 20.3 Å². The van der Waals surface area contributed by atoms with Gasteiger partial charge in [-0.2, -0.15) is 0 Å². The van der Waals surface area contributed by atoms with Crippen molar-refractivity contribution in [2.75, 3.05) is 5.32 Å². The lowest BCUT2D eigenvalue weighted by Crippen LogP contribution is -2.23. The fourth-order valence-corrected chi connectivity index (χ4v) is 2.19. The molecule has 2 heterocycles. The Morgan fingerprint density at radius 1 is 1.26 bits per heavy atom. The van der Waals surface area contributed by atoms with Crippen molar-refractivity contribution in [3.8, 4) is 0 Å². The van der Waals surface area contributed by atoms with Crippen LogP contribution in [0.5, 0.6) is 0 Å². The van der Waals surface area contributed by atoms with Gasteiger partial charge in [0.05, 0.1) is 28.7 Å². The summed E-state index contributed by atoms with van der Waals surface area (Å²) in [5.74, 6) is 0.635. The molecule has 5 heteroatoms. The molecule has 2 aromatic heterocycles. The van der Waals surface area contributed by atoms with Gasteiger partial charge in [-0.05, 0) is 39.8 Å². The summed E-state index contributed by atoms with van der Waals surface area (Å²) in [6, 6.07) is 3.69. The van der Waals surface area contributed by atoms with Gasteiger partial charge in [-0.1, -0.05) is 0 Å². The van der Waals surface area contributed by atoms with Crippen LogP contribution in [0.25, 0.3) is 0 Å². The van der Waals surface area contributed by atoms with Crippen molar-refractivity contribution in [3.63, 3.8) is 0 Å². The Kier molecular flexibility index (Phi) is 3.64. The van der Waals surface area contributed by atoms with Gasteiger partial charge in [0.15, 0.2) is 0 Å². The van der Waals surface area contributed by atoms with Gasteiger partial charge in [0, 0.05) is 6.20 Å². The Hall–Kier alpha value is -2.17. The average molecular weight is 258 g/mol. The largest absolute Gasteiger partial charge is 0.377 e. The zero-order valence-electron chi connectivity index (χ0n) is 11.6. The Morgan fingerprint density at radius 2 is 2.00 bits per heavy atom. The molecular formula is C14H18N4O. The molecule has 0 radical (unpaired) electrons. The van der Waals surface area contributed by atoms with Crippen LogP contribution >= 0.6 is 0 Å². The maximum atomic E-state index is 12.0. The minimum absolute atomic E-state index is 0.0912. The van der Waals surface area contributed by atoms with Crippen LogP contribution in [0.2, 0.25) is 0 Å². The first-order valence-corrected chi connectivity index (χ1v) is 6.24. The molecule has 2 rings (SSSR count). The molecule has 0 saturated heterocycles. The molecule has 0 fully saturated rings. The highest BCUT2D eigenvalue weighted by molar-refractivity contribution is 5.48. The van der Waals surface area contributed by atoms with Crippen molar-refractivity contribution in [3.05, 3.63) is 51.5 Å². The second kappa shape index (κ2) is 5.22. The first-order valence-electron chi connectivity index (χ1n) is 6.24. The van der Waals surface area contributed by atoms with E-state index < -0.39 is 0 Å². The number of pyridine rings is 1. The monoisotopic (exact) mass is 258 g/mol. The molecular weight excluding hydrogens is 240 g/mol. The van der Waals surface area contributed by atoms with Crippen molar-refractivity contribution in [1.29, 1.82) is 0 Å². The maximum Gasteiger partial charge on any atom is 0.256 e. The van der Waals surface area contributed by atoms with E-state index in [0.29, 0.717) is 11.4 Å². The Labute approximate surface area is 112 Å². The highest BCUT2D eigenvalue weighted by Crippen LogP contribution is 2.19. The van der Waals surface area contributed by atoms with E-state index in [0.717, 1.165) is 17.1 Å². The summed E-state index contributed by atoms with van der Waals surface area (Å²) in [6.45, 7) is 7.51. The fourth-order valence-electron chi connectivity index (χ4n) is 2.19. The molecule has 2 aromatic rings. The van der Waals surface area contributed by atoms with Crippen LogP contribution in [0.4, 0.5) is 5.69 Å². The number of aryl methyl sites for hydroxylation is 3. The number of hydrogen-bond acceptors (Lipinski definition) is 4. The SMILES string of the molecule is Cc1nc(C)c(C(C)Nc2cccnc2C)c(=O)[nH]1. The third-order valence-electron chi connectivity index (χ3n) is 3.08. The van der Waals surface area contributed by atoms with Gasteiger partial charge in [0.1, 0.15) is 5.82 Å². The van der Waals surface area contributed by atoms with Crippen LogP contribution in [0.3, 0.4) is 0 Å². The van der Waals surface area contributed by atoms with Gasteiger partial charge < -0.3 is 10.3 Å². The molecule has 0 bridgehead atoms. The molecule has 0 amide bonds. The van der Waals surface area contributed by atoms with Crippen molar-refractivity contribution in [2.45, 2.75) is 33.7 Å². The first kappa shape index (κ1) is 13.3. The predicted octanol–water partition coefficient (Wildman–Crippen LogP) is 2.26. The lowest BCUT2D eigenvalue weighted by molar-refractivity contribution is 0.811. The molecule has 19 heavy (non-hydrogen) atoms. The van der Waals surface area contributed by atoms with Crippen molar-refractivity contribution in [1.82, 2.24) is 15.0 Å². The average Bonchev–Trinajstić information content (AvgIpc) is 2.30. The van der Waals surface area contributed by atoms with Crippen LogP contribution in [0.1, 0.15) is 35.7 Å². The van der Waals surface area contributed by atoms with E-state index in [4.69, 9.17) is 0 Å². The standard InChI is InChI=1S/C14H18N4O/c1-8-12(6-5-7-15-8)17-10(3)13-9(2)16-11(4)18-14(13)19/h5-7,10,17H,1-4H3,(H,16,18,19). The quantitative estimate of drug-likeness (QED) is 0.886. The summed E-state index contributed by atoms with van der Waals surface area (Å²) in [4.78, 5) is 23.3. The third-order valence-corrected chi connectivity index (χ3v) is 3.08. The van der Waals surface area contributed by atoms with Gasteiger partial charge >= 0.3 is 0 Å². The first-order chi connectivity index (χ1) is 8.99. The zero-order valence-corrected chi connectivity index (χ0v) is 11.6. The topological polar surface area (TPSA) is 70.7 Å². The lowest BCUT2D eigenvalue weighted by atomic mass is 10.1. The molecule has 2 N–H and O–H groups in total. The number of nitrogens with zero attached hydrogens (tertiary/aromatic N) is 2. The number of aromatic amines is 1. The van der Waals surface area contributed by atoms with Crippen molar-refractivity contribution >= 4 is 5.69 Å². The smallest absolute Gasteiger partial charge is 0.256 e. The Morgan fingerprint density at radius 3 is 2.63 bits per heavy atom. The molecule has 0 aliphatic rings. The van der Waals surface area contributed by atoms with Gasteiger partial charge in [-0.15, -0.1) is 0 Å². The van der Waals surface area contributed by atoms with Crippen LogP contribution in [-0.4, -0.2) is 15.0 Å². The van der Waals surface area contributed by atoms with Crippen LogP contribution in [-0.2, 0) is 0 Å². The minimum Gasteiger partial charge on any atom is -0.377 e. The summed E-state index contributed by atoms with van der Waals surface area (Å²) < 4.78 is 0. The Bertz CT molecular complexity index is 648. The minimum atomic E-state index is -0.125. The molecule has 0 saturated carbocycles. The third kappa shape index (κ3) is 2.81. The van der Waals surface area contributed by atoms with Crippen molar-refractivity contribution < 1.29 is 0 Å². The second-order valence-electron chi connectivity index (χ2n) is 4.65. The van der Waals surface area contributed by atoms with E-state index in [1.165, 1.54) is 0 Å². The molecule has 0 aliphatic heterocycles. The number of nitrogens with one attached hydrogen (secondary N) is 2. The van der Waals surface area contributed by atoms with Crippen LogP contribution in [0, 0.1) is 20.8 Å². The molecule has 100 valence electrons.